The molecule has 2 heterocycles. The van der Waals surface area contributed by atoms with Crippen molar-refractivity contribution in [2.75, 3.05) is 6.26 Å². The van der Waals surface area contributed by atoms with Gasteiger partial charge in [0.25, 0.3) is 0 Å². The largest absolute Gasteiger partial charge is 0.443 e. The molecule has 2 aromatic heterocycles. The summed E-state index contributed by atoms with van der Waals surface area (Å²) in [4.78, 5) is 16.8. The normalized spacial score (nSPS) is 13.4. The molecule has 29 heavy (non-hydrogen) atoms. The first kappa shape index (κ1) is 20.9. The van der Waals surface area contributed by atoms with Gasteiger partial charge in [-0.15, -0.1) is 0 Å². The lowest BCUT2D eigenvalue weighted by Gasteiger charge is -2.19. The van der Waals surface area contributed by atoms with Crippen molar-refractivity contribution < 1.29 is 22.3 Å². The highest BCUT2D eigenvalue weighted by Gasteiger charge is 2.22. The summed E-state index contributed by atoms with van der Waals surface area (Å²) in [5, 5.41) is -0.773. The maximum atomic E-state index is 14.2. The summed E-state index contributed by atoms with van der Waals surface area (Å²) in [5.74, 6) is -0.637. The van der Waals surface area contributed by atoms with Gasteiger partial charge < -0.3 is 10.5 Å². The maximum Gasteiger partial charge on any atom is 0.418 e. The van der Waals surface area contributed by atoms with Crippen molar-refractivity contribution in [3.8, 4) is 11.3 Å². The van der Waals surface area contributed by atoms with Crippen LogP contribution in [0, 0.1) is 5.82 Å². The van der Waals surface area contributed by atoms with Gasteiger partial charge in [0, 0.05) is 29.6 Å². The lowest BCUT2D eigenvalue weighted by Crippen LogP contribution is -2.26. The zero-order valence-corrected chi connectivity index (χ0v) is 17.3. The number of pyridine rings is 1. The molecule has 1 unspecified atom stereocenters. The summed E-state index contributed by atoms with van der Waals surface area (Å²) in [6.07, 6.45) is 3.47. The number of sulfone groups is 1. The summed E-state index contributed by atoms with van der Waals surface area (Å²) >= 11 is 0. The van der Waals surface area contributed by atoms with Gasteiger partial charge in [-0.25, -0.2) is 17.6 Å². The molecule has 3 aromatic rings. The minimum atomic E-state index is -3.61. The van der Waals surface area contributed by atoms with E-state index < -0.39 is 32.7 Å². The fraction of sp³-hybridized carbons (Fsp3) is 0.300. The highest BCUT2D eigenvalue weighted by molar-refractivity contribution is 7.90. The highest BCUT2D eigenvalue weighted by Crippen LogP contribution is 2.31. The predicted molar refractivity (Wildman–Crippen MR) is 109 cm³/mol. The molecule has 1 atom stereocenters. The molecule has 0 bridgehead atoms. The SMILES string of the molecule is CC(C)(C)OC(=O)n1ccc2c(-c3cc(F)cc(C(N)S(C)(=O)=O)c3)nccc21. The van der Waals surface area contributed by atoms with Crippen LogP contribution >= 0.6 is 0 Å². The topological polar surface area (TPSA) is 104 Å². The van der Waals surface area contributed by atoms with Crippen molar-refractivity contribution in [1.29, 1.82) is 0 Å². The molecule has 7 nitrogen and oxygen atoms in total. The monoisotopic (exact) mass is 419 g/mol. The zero-order chi connectivity index (χ0) is 21.6. The first-order valence-corrected chi connectivity index (χ1v) is 10.8. The van der Waals surface area contributed by atoms with Crippen LogP contribution in [0.1, 0.15) is 31.7 Å². The van der Waals surface area contributed by atoms with Crippen LogP contribution in [0.4, 0.5) is 9.18 Å². The van der Waals surface area contributed by atoms with Crippen LogP contribution in [0.3, 0.4) is 0 Å². The van der Waals surface area contributed by atoms with E-state index in [2.05, 4.69) is 4.98 Å². The van der Waals surface area contributed by atoms with Crippen molar-refractivity contribution in [3.05, 3.63) is 54.1 Å². The van der Waals surface area contributed by atoms with E-state index in [1.807, 2.05) is 0 Å². The van der Waals surface area contributed by atoms with Gasteiger partial charge in [-0.2, -0.15) is 0 Å². The number of fused-ring (bicyclic) bond motifs is 1. The third-order valence-electron chi connectivity index (χ3n) is 4.19. The van der Waals surface area contributed by atoms with E-state index in [9.17, 15) is 17.6 Å². The number of nitrogens with two attached hydrogens (primary N) is 1. The van der Waals surface area contributed by atoms with Crippen LogP contribution in [0.2, 0.25) is 0 Å². The molecule has 0 radical (unpaired) electrons. The summed E-state index contributed by atoms with van der Waals surface area (Å²) in [5.41, 5.74) is 6.50. The molecular weight excluding hydrogens is 397 g/mol. The molecule has 0 amide bonds. The number of carbonyl (C=O) groups is 1. The second kappa shape index (κ2) is 7.23. The highest BCUT2D eigenvalue weighted by atomic mass is 32.2. The number of benzene rings is 1. The molecule has 0 aliphatic rings. The second-order valence-corrected chi connectivity index (χ2v) is 9.95. The van der Waals surface area contributed by atoms with E-state index in [4.69, 9.17) is 10.5 Å². The Bertz CT molecular complexity index is 1200. The minimum absolute atomic E-state index is 0.118. The maximum absolute atomic E-state index is 14.2. The van der Waals surface area contributed by atoms with Crippen LogP contribution in [-0.4, -0.2) is 35.9 Å². The molecule has 154 valence electrons. The summed E-state index contributed by atoms with van der Waals surface area (Å²) in [6, 6.07) is 7.13. The molecule has 1 aromatic carbocycles. The second-order valence-electron chi connectivity index (χ2n) is 7.78. The quantitative estimate of drug-likeness (QED) is 0.695. The average Bonchev–Trinajstić information content (AvgIpc) is 3.02. The smallest absolute Gasteiger partial charge is 0.418 e. The van der Waals surface area contributed by atoms with Crippen LogP contribution < -0.4 is 5.73 Å². The summed E-state index contributed by atoms with van der Waals surface area (Å²) < 4.78 is 44.5. The summed E-state index contributed by atoms with van der Waals surface area (Å²) in [6.45, 7) is 5.30. The third kappa shape index (κ3) is 4.46. The Hall–Kier alpha value is -2.78. The van der Waals surface area contributed by atoms with Crippen molar-refractivity contribution in [1.82, 2.24) is 9.55 Å². The zero-order valence-electron chi connectivity index (χ0n) is 16.5. The van der Waals surface area contributed by atoms with E-state index in [1.165, 1.54) is 22.9 Å². The van der Waals surface area contributed by atoms with Crippen LogP contribution in [0.25, 0.3) is 22.2 Å². The molecular formula is C20H22FN3O4S. The number of aromatic nitrogens is 2. The van der Waals surface area contributed by atoms with Gasteiger partial charge in [0.2, 0.25) is 0 Å². The Balaban J connectivity index is 2.12. The Morgan fingerprint density at radius 3 is 2.55 bits per heavy atom. The number of hydrogen-bond acceptors (Lipinski definition) is 6. The summed E-state index contributed by atoms with van der Waals surface area (Å²) in [7, 11) is -3.61. The number of halogens is 1. The van der Waals surface area contributed by atoms with E-state index in [0.29, 0.717) is 22.2 Å². The van der Waals surface area contributed by atoms with Gasteiger partial charge >= 0.3 is 6.09 Å². The molecule has 0 saturated carbocycles. The van der Waals surface area contributed by atoms with E-state index >= 15 is 0 Å². The van der Waals surface area contributed by atoms with E-state index in [1.54, 1.807) is 39.1 Å². The van der Waals surface area contributed by atoms with Gasteiger partial charge in [0.1, 0.15) is 16.8 Å². The average molecular weight is 419 g/mol. The Morgan fingerprint density at radius 1 is 1.24 bits per heavy atom. The van der Waals surface area contributed by atoms with E-state index in [-0.39, 0.29) is 5.56 Å². The number of ether oxygens (including phenoxy) is 1. The predicted octanol–water partition coefficient (Wildman–Crippen LogP) is 3.63. The minimum Gasteiger partial charge on any atom is -0.443 e. The Labute approximate surface area is 168 Å². The lowest BCUT2D eigenvalue weighted by atomic mass is 10.0. The van der Waals surface area contributed by atoms with Gasteiger partial charge in [0.15, 0.2) is 9.84 Å². The Morgan fingerprint density at radius 2 is 1.93 bits per heavy atom. The molecule has 0 aliphatic heterocycles. The number of carbonyl (C=O) groups excluding carboxylic acids is 1. The number of hydrogen-bond donors (Lipinski definition) is 1. The standard InChI is InChI=1S/C20H22FN3O4S/c1-20(2,3)28-19(25)24-8-6-15-16(24)5-7-23-17(15)12-9-13(11-14(21)10-12)18(22)29(4,26)27/h5-11,18H,22H2,1-4H3. The lowest BCUT2D eigenvalue weighted by molar-refractivity contribution is 0.0544. The van der Waals surface area contributed by atoms with Crippen molar-refractivity contribution >= 4 is 26.8 Å². The molecule has 3 rings (SSSR count). The van der Waals surface area contributed by atoms with Crippen LogP contribution in [0.15, 0.2) is 42.7 Å². The molecule has 0 aliphatic carbocycles. The molecule has 0 saturated heterocycles. The van der Waals surface area contributed by atoms with Crippen LogP contribution in [0.5, 0.6) is 0 Å². The fourth-order valence-electron chi connectivity index (χ4n) is 2.93. The van der Waals surface area contributed by atoms with Crippen molar-refractivity contribution in [3.63, 3.8) is 0 Å². The van der Waals surface area contributed by atoms with Gasteiger partial charge in [0.05, 0.1) is 11.2 Å². The first-order valence-electron chi connectivity index (χ1n) is 8.81. The van der Waals surface area contributed by atoms with Gasteiger partial charge in [-0.05, 0) is 56.7 Å². The molecule has 2 N–H and O–H groups in total. The van der Waals surface area contributed by atoms with Gasteiger partial charge in [-0.3, -0.25) is 9.55 Å². The van der Waals surface area contributed by atoms with Crippen molar-refractivity contribution in [2.45, 2.75) is 31.7 Å². The molecule has 0 fully saturated rings. The van der Waals surface area contributed by atoms with Crippen LogP contribution in [-0.2, 0) is 14.6 Å². The first-order chi connectivity index (χ1) is 13.4. The molecule has 9 heteroatoms. The Kier molecular flexibility index (Phi) is 5.22. The van der Waals surface area contributed by atoms with Gasteiger partial charge in [-0.1, -0.05) is 0 Å². The number of nitrogens with zero attached hydrogens (tertiary/aromatic N) is 2. The van der Waals surface area contributed by atoms with Crippen molar-refractivity contribution in [2.24, 2.45) is 5.73 Å². The third-order valence-corrected chi connectivity index (χ3v) is 5.39. The van der Waals surface area contributed by atoms with E-state index in [0.717, 1.165) is 12.3 Å². The molecule has 0 spiro atoms. The fourth-order valence-corrected chi connectivity index (χ4v) is 3.56. The number of rotatable bonds is 3.